The van der Waals surface area contributed by atoms with Gasteiger partial charge in [-0.15, -0.1) is 0 Å². The standard InChI is InChI=1S/C33H42N2O3/c1-6-7-20-34-32(37)30(22-26-13-9-8-10-14-26)35(23-27-15-11-12-25(2)21-27)31(36)24-38-29-18-16-28(17-19-29)33(3,4)5/h8-19,21,30H,6-7,20,22-24H2,1-5H3,(H,34,37). The fraction of sp³-hybridized carbons (Fsp3) is 0.394. The first-order valence-electron chi connectivity index (χ1n) is 13.6. The van der Waals surface area contributed by atoms with Gasteiger partial charge in [0.1, 0.15) is 11.8 Å². The van der Waals surface area contributed by atoms with Gasteiger partial charge in [-0.1, -0.05) is 106 Å². The van der Waals surface area contributed by atoms with E-state index >= 15 is 0 Å². The number of rotatable bonds is 12. The monoisotopic (exact) mass is 514 g/mol. The zero-order valence-electron chi connectivity index (χ0n) is 23.5. The van der Waals surface area contributed by atoms with Crippen molar-refractivity contribution in [2.24, 2.45) is 0 Å². The van der Waals surface area contributed by atoms with Crippen LogP contribution in [0, 0.1) is 6.92 Å². The molecule has 0 fully saturated rings. The van der Waals surface area contributed by atoms with E-state index in [2.05, 4.69) is 39.1 Å². The molecule has 0 bridgehead atoms. The van der Waals surface area contributed by atoms with Crippen LogP contribution in [0.5, 0.6) is 5.75 Å². The summed E-state index contributed by atoms with van der Waals surface area (Å²) >= 11 is 0. The maximum absolute atomic E-state index is 13.7. The lowest BCUT2D eigenvalue weighted by Gasteiger charge is -2.31. The Kier molecular flexibility index (Phi) is 10.5. The molecule has 0 saturated carbocycles. The fourth-order valence-corrected chi connectivity index (χ4v) is 4.35. The molecule has 0 aromatic heterocycles. The van der Waals surface area contributed by atoms with Crippen LogP contribution >= 0.6 is 0 Å². The Morgan fingerprint density at radius 1 is 0.921 bits per heavy atom. The second-order valence-electron chi connectivity index (χ2n) is 10.9. The van der Waals surface area contributed by atoms with E-state index in [9.17, 15) is 9.59 Å². The molecule has 3 aromatic carbocycles. The van der Waals surface area contributed by atoms with Crippen molar-refractivity contribution in [2.45, 2.75) is 71.9 Å². The molecule has 2 amide bonds. The second kappa shape index (κ2) is 13.8. The molecule has 3 rings (SSSR count). The topological polar surface area (TPSA) is 58.6 Å². The maximum atomic E-state index is 13.7. The number of hydrogen-bond acceptors (Lipinski definition) is 3. The molecule has 1 atom stereocenters. The fourth-order valence-electron chi connectivity index (χ4n) is 4.35. The summed E-state index contributed by atoms with van der Waals surface area (Å²) in [5.74, 6) is 0.268. The lowest BCUT2D eigenvalue weighted by atomic mass is 9.87. The van der Waals surface area contributed by atoms with Crippen molar-refractivity contribution in [3.05, 3.63) is 101 Å². The first-order valence-corrected chi connectivity index (χ1v) is 13.6. The van der Waals surface area contributed by atoms with Crippen LogP contribution in [0.4, 0.5) is 0 Å². The van der Waals surface area contributed by atoms with Crippen molar-refractivity contribution < 1.29 is 14.3 Å². The average molecular weight is 515 g/mol. The third-order valence-corrected chi connectivity index (χ3v) is 6.62. The number of benzene rings is 3. The van der Waals surface area contributed by atoms with E-state index in [-0.39, 0.29) is 23.8 Å². The Morgan fingerprint density at radius 2 is 1.61 bits per heavy atom. The lowest BCUT2D eigenvalue weighted by Crippen LogP contribution is -2.51. The SMILES string of the molecule is CCCCNC(=O)C(Cc1ccccc1)N(Cc1cccc(C)c1)C(=O)COc1ccc(C(C)(C)C)cc1. The molecule has 0 radical (unpaired) electrons. The van der Waals surface area contributed by atoms with Gasteiger partial charge in [0.2, 0.25) is 5.91 Å². The molecule has 0 aliphatic rings. The molecule has 0 heterocycles. The number of amides is 2. The number of nitrogens with one attached hydrogen (secondary N) is 1. The van der Waals surface area contributed by atoms with E-state index in [1.165, 1.54) is 5.56 Å². The van der Waals surface area contributed by atoms with Gasteiger partial charge in [0.05, 0.1) is 0 Å². The van der Waals surface area contributed by atoms with Gasteiger partial charge in [0.25, 0.3) is 5.91 Å². The largest absolute Gasteiger partial charge is 0.484 e. The zero-order valence-corrected chi connectivity index (χ0v) is 23.5. The van der Waals surface area contributed by atoms with Gasteiger partial charge in [0.15, 0.2) is 6.61 Å². The highest BCUT2D eigenvalue weighted by molar-refractivity contribution is 5.88. The van der Waals surface area contributed by atoms with Crippen LogP contribution in [0.25, 0.3) is 0 Å². The summed E-state index contributed by atoms with van der Waals surface area (Å²) in [6.45, 7) is 11.4. The molecule has 0 spiro atoms. The van der Waals surface area contributed by atoms with Crippen molar-refractivity contribution in [1.82, 2.24) is 10.2 Å². The minimum atomic E-state index is -0.658. The van der Waals surface area contributed by atoms with E-state index in [0.29, 0.717) is 25.3 Å². The summed E-state index contributed by atoms with van der Waals surface area (Å²) in [6, 6.07) is 25.1. The highest BCUT2D eigenvalue weighted by Crippen LogP contribution is 2.24. The van der Waals surface area contributed by atoms with Crippen LogP contribution in [0.2, 0.25) is 0 Å². The third-order valence-electron chi connectivity index (χ3n) is 6.62. The Morgan fingerprint density at radius 3 is 2.24 bits per heavy atom. The highest BCUT2D eigenvalue weighted by atomic mass is 16.5. The van der Waals surface area contributed by atoms with Gasteiger partial charge in [-0.2, -0.15) is 0 Å². The van der Waals surface area contributed by atoms with Crippen molar-refractivity contribution in [3.63, 3.8) is 0 Å². The molecule has 0 aliphatic carbocycles. The van der Waals surface area contributed by atoms with E-state index in [1.807, 2.05) is 79.7 Å². The number of carbonyl (C=O) groups excluding carboxylic acids is 2. The number of unbranched alkanes of at least 4 members (excludes halogenated alkanes) is 1. The predicted molar refractivity (Wildman–Crippen MR) is 154 cm³/mol. The number of hydrogen-bond donors (Lipinski definition) is 1. The molecule has 202 valence electrons. The summed E-state index contributed by atoms with van der Waals surface area (Å²) in [5, 5.41) is 3.06. The van der Waals surface area contributed by atoms with Crippen LogP contribution in [-0.4, -0.2) is 35.9 Å². The minimum absolute atomic E-state index is 0.0365. The van der Waals surface area contributed by atoms with E-state index in [1.54, 1.807) is 4.90 Å². The third kappa shape index (κ3) is 8.76. The van der Waals surface area contributed by atoms with Gasteiger partial charge in [-0.25, -0.2) is 0 Å². The van der Waals surface area contributed by atoms with Crippen LogP contribution in [0.15, 0.2) is 78.9 Å². The molecule has 5 nitrogen and oxygen atoms in total. The maximum Gasteiger partial charge on any atom is 0.261 e. The first-order chi connectivity index (χ1) is 18.2. The molecule has 0 saturated heterocycles. The Bertz CT molecular complexity index is 1170. The molecule has 1 unspecified atom stereocenters. The molecule has 5 heteroatoms. The number of nitrogens with zero attached hydrogens (tertiary/aromatic N) is 1. The van der Waals surface area contributed by atoms with E-state index < -0.39 is 6.04 Å². The van der Waals surface area contributed by atoms with Crippen molar-refractivity contribution >= 4 is 11.8 Å². The predicted octanol–water partition coefficient (Wildman–Crippen LogP) is 6.23. The number of ether oxygens (including phenoxy) is 1. The molecule has 3 aromatic rings. The lowest BCUT2D eigenvalue weighted by molar-refractivity contribution is -0.142. The average Bonchev–Trinajstić information content (AvgIpc) is 2.89. The number of carbonyl (C=O) groups is 2. The summed E-state index contributed by atoms with van der Waals surface area (Å²) in [7, 11) is 0. The molecule has 1 N–H and O–H groups in total. The van der Waals surface area contributed by atoms with Crippen LogP contribution in [0.3, 0.4) is 0 Å². The molecule has 0 aliphatic heterocycles. The quantitative estimate of drug-likeness (QED) is 0.292. The molecule has 38 heavy (non-hydrogen) atoms. The Labute approximate surface area is 228 Å². The summed E-state index contributed by atoms with van der Waals surface area (Å²) in [4.78, 5) is 28.9. The number of aryl methyl sites for hydroxylation is 1. The molecular weight excluding hydrogens is 472 g/mol. The van der Waals surface area contributed by atoms with E-state index in [4.69, 9.17) is 4.74 Å². The van der Waals surface area contributed by atoms with Gasteiger partial charge < -0.3 is 15.0 Å². The normalized spacial score (nSPS) is 12.0. The smallest absolute Gasteiger partial charge is 0.261 e. The van der Waals surface area contributed by atoms with E-state index in [0.717, 1.165) is 29.5 Å². The summed E-state index contributed by atoms with van der Waals surface area (Å²) in [6.07, 6.45) is 2.30. The van der Waals surface area contributed by atoms with Crippen molar-refractivity contribution in [2.75, 3.05) is 13.2 Å². The van der Waals surface area contributed by atoms with Gasteiger partial charge >= 0.3 is 0 Å². The van der Waals surface area contributed by atoms with Gasteiger partial charge in [0, 0.05) is 19.5 Å². The second-order valence-corrected chi connectivity index (χ2v) is 10.9. The minimum Gasteiger partial charge on any atom is -0.484 e. The first kappa shape index (κ1) is 29.0. The van der Waals surface area contributed by atoms with Crippen LogP contribution in [0.1, 0.15) is 62.8 Å². The zero-order chi connectivity index (χ0) is 27.5. The summed E-state index contributed by atoms with van der Waals surface area (Å²) in [5.41, 5.74) is 4.33. The van der Waals surface area contributed by atoms with Crippen LogP contribution in [-0.2, 0) is 28.0 Å². The summed E-state index contributed by atoms with van der Waals surface area (Å²) < 4.78 is 5.93. The highest BCUT2D eigenvalue weighted by Gasteiger charge is 2.30. The van der Waals surface area contributed by atoms with Crippen molar-refractivity contribution in [3.8, 4) is 5.75 Å². The molecular formula is C33H42N2O3. The van der Waals surface area contributed by atoms with Gasteiger partial charge in [-0.05, 0) is 47.6 Å². The van der Waals surface area contributed by atoms with Crippen molar-refractivity contribution in [1.29, 1.82) is 0 Å². The van der Waals surface area contributed by atoms with Crippen LogP contribution < -0.4 is 10.1 Å². The Hall–Kier alpha value is -3.60. The Balaban J connectivity index is 1.86. The van der Waals surface area contributed by atoms with Gasteiger partial charge in [-0.3, -0.25) is 9.59 Å².